The number of halogens is 1. The zero-order valence-corrected chi connectivity index (χ0v) is 16.5. The smallest absolute Gasteiger partial charge is 0.142 e. The Labute approximate surface area is 158 Å². The van der Waals surface area contributed by atoms with E-state index in [1.807, 2.05) is 19.1 Å². The molecular weight excluding hydrogens is 380 g/mol. The average Bonchev–Trinajstić information content (AvgIpc) is 2.63. The summed E-state index contributed by atoms with van der Waals surface area (Å²) in [7, 11) is 1.70. The average molecular weight is 406 g/mol. The summed E-state index contributed by atoms with van der Waals surface area (Å²) >= 11 is 3.58. The number of anilines is 1. The molecule has 1 fully saturated rings. The predicted octanol–water partition coefficient (Wildman–Crippen LogP) is 2.76. The highest BCUT2D eigenvalue weighted by molar-refractivity contribution is 9.10. The van der Waals surface area contributed by atoms with Gasteiger partial charge in [0.05, 0.1) is 50.1 Å². The van der Waals surface area contributed by atoms with Gasteiger partial charge in [-0.1, -0.05) is 12.1 Å². The van der Waals surface area contributed by atoms with E-state index < -0.39 is 0 Å². The van der Waals surface area contributed by atoms with E-state index >= 15 is 0 Å². The van der Waals surface area contributed by atoms with Crippen molar-refractivity contribution >= 4 is 21.6 Å². The molecule has 0 aromatic heterocycles. The van der Waals surface area contributed by atoms with Crippen LogP contribution >= 0.6 is 15.9 Å². The van der Waals surface area contributed by atoms with Crippen molar-refractivity contribution in [1.29, 1.82) is 0 Å². The van der Waals surface area contributed by atoms with Gasteiger partial charge in [-0.05, 0) is 53.2 Å². The van der Waals surface area contributed by atoms with Crippen molar-refractivity contribution in [2.75, 3.05) is 44.8 Å². The van der Waals surface area contributed by atoms with Crippen LogP contribution in [0.4, 0.5) is 5.69 Å². The highest BCUT2D eigenvalue weighted by atomic mass is 79.9. The van der Waals surface area contributed by atoms with Gasteiger partial charge < -0.3 is 19.3 Å². The molecule has 1 heterocycles. The lowest BCUT2D eigenvalue weighted by Crippen LogP contribution is -3.13. The summed E-state index contributed by atoms with van der Waals surface area (Å²) in [6.45, 7) is 8.14. The topological polar surface area (TPSA) is 26.1 Å². The van der Waals surface area contributed by atoms with Crippen LogP contribution in [0.5, 0.6) is 11.5 Å². The Morgan fingerprint density at radius 1 is 1.08 bits per heavy atom. The molecule has 1 saturated heterocycles. The lowest BCUT2D eigenvalue weighted by Gasteiger charge is -2.34. The number of methoxy groups -OCH3 is 1. The van der Waals surface area contributed by atoms with Crippen LogP contribution in [0.25, 0.3) is 0 Å². The maximum absolute atomic E-state index is 5.78. The quantitative estimate of drug-likeness (QED) is 0.799. The molecule has 25 heavy (non-hydrogen) atoms. The maximum Gasteiger partial charge on any atom is 0.142 e. The number of hydrogen-bond donors (Lipinski definition) is 1. The number of ether oxygens (including phenoxy) is 2. The Morgan fingerprint density at radius 2 is 1.84 bits per heavy atom. The fraction of sp³-hybridized carbons (Fsp3) is 0.400. The first-order valence-corrected chi connectivity index (χ1v) is 9.63. The Balaban J connectivity index is 1.60. The zero-order valence-electron chi connectivity index (χ0n) is 14.9. The van der Waals surface area contributed by atoms with Gasteiger partial charge in [0, 0.05) is 5.56 Å². The molecule has 0 radical (unpaired) electrons. The molecule has 5 heteroatoms. The number of benzene rings is 2. The van der Waals surface area contributed by atoms with E-state index in [9.17, 15) is 0 Å². The molecule has 2 aromatic carbocycles. The van der Waals surface area contributed by atoms with E-state index in [0.717, 1.165) is 48.7 Å². The Kier molecular flexibility index (Phi) is 6.21. The fourth-order valence-corrected chi connectivity index (χ4v) is 3.93. The molecule has 4 nitrogen and oxygen atoms in total. The molecule has 0 unspecified atom stereocenters. The number of para-hydroxylation sites is 2. The van der Waals surface area contributed by atoms with Crippen molar-refractivity contribution in [1.82, 2.24) is 0 Å². The molecule has 1 N–H and O–H groups in total. The number of piperazine rings is 1. The van der Waals surface area contributed by atoms with Crippen LogP contribution in [-0.2, 0) is 6.54 Å². The first-order chi connectivity index (χ1) is 12.2. The highest BCUT2D eigenvalue weighted by Crippen LogP contribution is 2.28. The highest BCUT2D eigenvalue weighted by Gasteiger charge is 2.22. The van der Waals surface area contributed by atoms with Crippen molar-refractivity contribution < 1.29 is 14.4 Å². The molecule has 1 aliphatic rings. The third-order valence-corrected chi connectivity index (χ3v) is 5.27. The van der Waals surface area contributed by atoms with E-state index in [2.05, 4.69) is 51.2 Å². The summed E-state index contributed by atoms with van der Waals surface area (Å²) < 4.78 is 12.1. The Bertz CT molecular complexity index is 700. The number of hydrogen-bond acceptors (Lipinski definition) is 3. The summed E-state index contributed by atoms with van der Waals surface area (Å²) in [6.07, 6.45) is 0. The summed E-state index contributed by atoms with van der Waals surface area (Å²) in [5.41, 5.74) is 2.56. The first-order valence-electron chi connectivity index (χ1n) is 8.84. The van der Waals surface area contributed by atoms with E-state index in [1.54, 1.807) is 12.0 Å². The molecule has 0 atom stereocenters. The number of nitrogens with zero attached hydrogens (tertiary/aromatic N) is 1. The largest absolute Gasteiger partial charge is 0.496 e. The molecule has 0 spiro atoms. The van der Waals surface area contributed by atoms with Crippen molar-refractivity contribution in [2.24, 2.45) is 0 Å². The standard InChI is InChI=1S/C20H25BrN2O2/c1-3-25-20-7-5-4-6-18(20)23-12-10-22(11-13-23)15-16-8-9-19(24-2)17(21)14-16/h4-9,14H,3,10-13,15H2,1-2H3/p+1. The molecule has 134 valence electrons. The molecule has 2 aromatic rings. The van der Waals surface area contributed by atoms with Crippen LogP contribution in [0, 0.1) is 0 Å². The van der Waals surface area contributed by atoms with Crippen LogP contribution in [0.2, 0.25) is 0 Å². The van der Waals surface area contributed by atoms with Gasteiger partial charge in [0.25, 0.3) is 0 Å². The molecule has 0 saturated carbocycles. The Hall–Kier alpha value is -1.72. The maximum atomic E-state index is 5.78. The number of nitrogens with one attached hydrogen (secondary N) is 1. The second kappa shape index (κ2) is 8.59. The van der Waals surface area contributed by atoms with Gasteiger partial charge in [0.2, 0.25) is 0 Å². The van der Waals surface area contributed by atoms with Crippen LogP contribution < -0.4 is 19.3 Å². The second-order valence-corrected chi connectivity index (χ2v) is 7.14. The van der Waals surface area contributed by atoms with E-state index in [-0.39, 0.29) is 0 Å². The molecule has 1 aliphatic heterocycles. The summed E-state index contributed by atoms with van der Waals surface area (Å²) in [4.78, 5) is 4.06. The molecule has 0 amide bonds. The van der Waals surface area contributed by atoms with Crippen LogP contribution in [0.1, 0.15) is 12.5 Å². The van der Waals surface area contributed by atoms with Crippen molar-refractivity contribution in [3.63, 3.8) is 0 Å². The minimum atomic E-state index is 0.703. The minimum Gasteiger partial charge on any atom is -0.496 e. The molecule has 3 rings (SSSR count). The monoisotopic (exact) mass is 405 g/mol. The number of quaternary nitrogens is 1. The van der Waals surface area contributed by atoms with Gasteiger partial charge in [0.1, 0.15) is 18.0 Å². The lowest BCUT2D eigenvalue weighted by atomic mass is 10.1. The van der Waals surface area contributed by atoms with Gasteiger partial charge in [-0.15, -0.1) is 0 Å². The second-order valence-electron chi connectivity index (χ2n) is 6.28. The summed E-state index contributed by atoms with van der Waals surface area (Å²) in [5, 5.41) is 0. The summed E-state index contributed by atoms with van der Waals surface area (Å²) in [6, 6.07) is 14.7. The van der Waals surface area contributed by atoms with Gasteiger partial charge >= 0.3 is 0 Å². The van der Waals surface area contributed by atoms with Crippen LogP contribution in [-0.4, -0.2) is 39.9 Å². The normalized spacial score (nSPS) is 15.2. The van der Waals surface area contributed by atoms with Crippen LogP contribution in [0.15, 0.2) is 46.9 Å². The van der Waals surface area contributed by atoms with Crippen LogP contribution in [0.3, 0.4) is 0 Å². The van der Waals surface area contributed by atoms with E-state index in [4.69, 9.17) is 9.47 Å². The predicted molar refractivity (Wildman–Crippen MR) is 105 cm³/mol. The lowest BCUT2D eigenvalue weighted by molar-refractivity contribution is -0.914. The van der Waals surface area contributed by atoms with Gasteiger partial charge in [-0.25, -0.2) is 0 Å². The third kappa shape index (κ3) is 4.47. The van der Waals surface area contributed by atoms with Crippen molar-refractivity contribution in [3.8, 4) is 11.5 Å². The molecule has 0 aliphatic carbocycles. The number of rotatable bonds is 6. The molecule has 0 bridgehead atoms. The Morgan fingerprint density at radius 3 is 2.52 bits per heavy atom. The fourth-order valence-electron chi connectivity index (χ4n) is 3.35. The zero-order chi connectivity index (χ0) is 17.6. The van der Waals surface area contributed by atoms with Crippen molar-refractivity contribution in [3.05, 3.63) is 52.5 Å². The van der Waals surface area contributed by atoms with Gasteiger partial charge in [-0.3, -0.25) is 0 Å². The third-order valence-electron chi connectivity index (χ3n) is 4.65. The SMILES string of the molecule is CCOc1ccccc1N1CC[NH+](Cc2ccc(OC)c(Br)c2)CC1. The van der Waals surface area contributed by atoms with Gasteiger partial charge in [0.15, 0.2) is 0 Å². The van der Waals surface area contributed by atoms with Gasteiger partial charge in [-0.2, -0.15) is 0 Å². The molecular formula is C20H26BrN2O2+. The first kappa shape index (κ1) is 18.1. The van der Waals surface area contributed by atoms with Crippen molar-refractivity contribution in [2.45, 2.75) is 13.5 Å². The van der Waals surface area contributed by atoms with E-state index in [1.165, 1.54) is 11.3 Å². The minimum absolute atomic E-state index is 0.703. The van der Waals surface area contributed by atoms with E-state index in [0.29, 0.717) is 6.61 Å². The summed E-state index contributed by atoms with van der Waals surface area (Å²) in [5.74, 6) is 1.88.